The average molecular weight is 413 g/mol. The van der Waals surface area contributed by atoms with Crippen molar-refractivity contribution in [3.8, 4) is 5.75 Å². The molecule has 2 atom stereocenters. The molecule has 0 radical (unpaired) electrons. The summed E-state index contributed by atoms with van der Waals surface area (Å²) in [6.45, 7) is 8.43. The van der Waals surface area contributed by atoms with Crippen LogP contribution in [0.5, 0.6) is 5.75 Å². The first-order chi connectivity index (χ1) is 13.3. The molecule has 0 spiro atoms. The van der Waals surface area contributed by atoms with Crippen LogP contribution < -0.4 is 10.9 Å². The standard InChI is InChI=1S/C19H28N2O6S/c1-5-8-13(15-9-12(22)10-16(23)27-15)20-17(24)14-11-28-18(21-14)19(4,25-6-2)26-7-3/h9-10,13-14,22H,5-8,11H2,1-4H3,(H,20,24). The highest BCUT2D eigenvalue weighted by Crippen LogP contribution is 2.30. The zero-order valence-corrected chi connectivity index (χ0v) is 17.5. The minimum Gasteiger partial charge on any atom is -0.508 e. The highest BCUT2D eigenvalue weighted by molar-refractivity contribution is 8.14. The fraction of sp³-hybridized carbons (Fsp3) is 0.632. The molecule has 1 amide bonds. The number of rotatable bonds is 10. The van der Waals surface area contributed by atoms with Gasteiger partial charge in [0.2, 0.25) is 11.7 Å². The van der Waals surface area contributed by atoms with Crippen LogP contribution in [0.15, 0.2) is 26.3 Å². The Morgan fingerprint density at radius 1 is 1.39 bits per heavy atom. The van der Waals surface area contributed by atoms with Crippen molar-refractivity contribution in [3.05, 3.63) is 28.3 Å². The Balaban J connectivity index is 2.15. The van der Waals surface area contributed by atoms with Gasteiger partial charge in [0.25, 0.3) is 0 Å². The third-order valence-corrected chi connectivity index (χ3v) is 5.43. The van der Waals surface area contributed by atoms with Crippen molar-refractivity contribution in [1.29, 1.82) is 0 Å². The zero-order valence-electron chi connectivity index (χ0n) is 16.7. The van der Waals surface area contributed by atoms with E-state index >= 15 is 0 Å². The van der Waals surface area contributed by atoms with Crippen molar-refractivity contribution in [2.45, 2.75) is 58.4 Å². The van der Waals surface area contributed by atoms with Gasteiger partial charge < -0.3 is 24.3 Å². The van der Waals surface area contributed by atoms with Crippen LogP contribution in [0.4, 0.5) is 0 Å². The van der Waals surface area contributed by atoms with E-state index in [1.54, 1.807) is 6.92 Å². The normalized spacial score (nSPS) is 18.0. The third kappa shape index (κ3) is 5.59. The number of hydrogen-bond donors (Lipinski definition) is 2. The van der Waals surface area contributed by atoms with E-state index in [2.05, 4.69) is 10.3 Å². The lowest BCUT2D eigenvalue weighted by Gasteiger charge is -2.28. The summed E-state index contributed by atoms with van der Waals surface area (Å²) in [5, 5.41) is 13.2. The number of aliphatic imine (C=N–C) groups is 1. The van der Waals surface area contributed by atoms with Crippen molar-refractivity contribution < 1.29 is 23.8 Å². The first-order valence-electron chi connectivity index (χ1n) is 9.46. The molecule has 1 aliphatic rings. The predicted molar refractivity (Wildman–Crippen MR) is 108 cm³/mol. The van der Waals surface area contributed by atoms with E-state index in [1.165, 1.54) is 17.8 Å². The highest BCUT2D eigenvalue weighted by Gasteiger charge is 2.39. The summed E-state index contributed by atoms with van der Waals surface area (Å²) < 4.78 is 16.6. The number of carbonyl (C=O) groups excluding carboxylic acids is 1. The van der Waals surface area contributed by atoms with Crippen LogP contribution in [-0.4, -0.2) is 46.9 Å². The Kier molecular flexibility index (Phi) is 8.09. The van der Waals surface area contributed by atoms with Gasteiger partial charge in [0, 0.05) is 25.0 Å². The lowest BCUT2D eigenvalue weighted by Crippen LogP contribution is -2.40. The molecule has 0 aromatic carbocycles. The molecule has 156 valence electrons. The summed E-state index contributed by atoms with van der Waals surface area (Å²) in [5.74, 6) is -0.739. The van der Waals surface area contributed by atoms with E-state index in [-0.39, 0.29) is 17.4 Å². The molecule has 0 saturated heterocycles. The van der Waals surface area contributed by atoms with Gasteiger partial charge in [-0.25, -0.2) is 4.79 Å². The van der Waals surface area contributed by atoms with Gasteiger partial charge in [-0.3, -0.25) is 9.79 Å². The molecule has 8 nitrogen and oxygen atoms in total. The van der Waals surface area contributed by atoms with Crippen LogP contribution in [0.1, 0.15) is 52.3 Å². The molecule has 0 fully saturated rings. The minimum absolute atomic E-state index is 0.192. The van der Waals surface area contributed by atoms with Crippen LogP contribution in [0, 0.1) is 0 Å². The number of nitrogens with zero attached hydrogens (tertiary/aromatic N) is 1. The van der Waals surface area contributed by atoms with E-state index < -0.39 is 23.5 Å². The second kappa shape index (κ2) is 10.1. The number of amides is 1. The molecule has 9 heteroatoms. The fourth-order valence-corrected chi connectivity index (χ4v) is 4.09. The van der Waals surface area contributed by atoms with Crippen LogP contribution in [0.25, 0.3) is 0 Å². The van der Waals surface area contributed by atoms with Gasteiger partial charge in [-0.1, -0.05) is 13.3 Å². The Morgan fingerprint density at radius 3 is 2.64 bits per heavy atom. The molecule has 2 heterocycles. The molecule has 2 N–H and O–H groups in total. The highest BCUT2D eigenvalue weighted by atomic mass is 32.2. The van der Waals surface area contributed by atoms with Crippen LogP contribution >= 0.6 is 11.8 Å². The molecule has 1 aliphatic heterocycles. The number of ether oxygens (including phenoxy) is 2. The second-order valence-corrected chi connectivity index (χ2v) is 7.47. The zero-order chi connectivity index (χ0) is 20.7. The maximum atomic E-state index is 12.8. The quantitative estimate of drug-likeness (QED) is 0.568. The molecule has 28 heavy (non-hydrogen) atoms. The molecule has 1 aromatic rings. The van der Waals surface area contributed by atoms with E-state index in [0.717, 1.165) is 12.5 Å². The number of carbonyl (C=O) groups is 1. The second-order valence-electron chi connectivity index (χ2n) is 6.46. The van der Waals surface area contributed by atoms with Gasteiger partial charge in [-0.05, 0) is 27.2 Å². The Labute approximate surface area is 168 Å². The minimum atomic E-state index is -0.968. The van der Waals surface area contributed by atoms with E-state index in [9.17, 15) is 14.7 Å². The Morgan fingerprint density at radius 2 is 2.07 bits per heavy atom. The predicted octanol–water partition coefficient (Wildman–Crippen LogP) is 2.61. The number of thioether (sulfide) groups is 1. The Hall–Kier alpha value is -1.84. The van der Waals surface area contributed by atoms with E-state index in [0.29, 0.717) is 30.4 Å². The summed E-state index contributed by atoms with van der Waals surface area (Å²) in [6, 6.07) is 1.22. The molecular weight excluding hydrogens is 384 g/mol. The van der Waals surface area contributed by atoms with Gasteiger partial charge in [-0.15, -0.1) is 11.8 Å². The summed E-state index contributed by atoms with van der Waals surface area (Å²) in [5.41, 5.74) is -0.661. The summed E-state index contributed by atoms with van der Waals surface area (Å²) >= 11 is 1.43. The fourth-order valence-electron chi connectivity index (χ4n) is 2.97. The maximum Gasteiger partial charge on any atom is 0.339 e. The van der Waals surface area contributed by atoms with Crippen LogP contribution in [0.3, 0.4) is 0 Å². The third-order valence-electron chi connectivity index (χ3n) is 4.19. The molecule has 1 aromatic heterocycles. The van der Waals surface area contributed by atoms with Crippen LogP contribution in [-0.2, 0) is 14.3 Å². The molecular formula is C19H28N2O6S. The van der Waals surface area contributed by atoms with E-state index in [4.69, 9.17) is 13.9 Å². The monoisotopic (exact) mass is 412 g/mol. The van der Waals surface area contributed by atoms with Gasteiger partial charge in [0.05, 0.1) is 12.1 Å². The lowest BCUT2D eigenvalue weighted by atomic mass is 10.1. The largest absolute Gasteiger partial charge is 0.508 e. The number of hydrogen-bond acceptors (Lipinski definition) is 8. The van der Waals surface area contributed by atoms with Gasteiger partial charge in [-0.2, -0.15) is 0 Å². The molecule has 2 unspecified atom stereocenters. The molecule has 2 rings (SSSR count). The van der Waals surface area contributed by atoms with Crippen molar-refractivity contribution >= 4 is 22.7 Å². The van der Waals surface area contributed by atoms with Gasteiger partial charge >= 0.3 is 5.63 Å². The van der Waals surface area contributed by atoms with Crippen molar-refractivity contribution in [3.63, 3.8) is 0 Å². The van der Waals surface area contributed by atoms with Crippen molar-refractivity contribution in [1.82, 2.24) is 5.32 Å². The maximum absolute atomic E-state index is 12.8. The topological polar surface area (TPSA) is 110 Å². The van der Waals surface area contributed by atoms with Crippen molar-refractivity contribution in [2.24, 2.45) is 4.99 Å². The SMILES string of the molecule is CCCC(NC(=O)C1CSC(C(C)(OCC)OCC)=N1)c1cc(O)cc(=O)o1. The lowest BCUT2D eigenvalue weighted by molar-refractivity contribution is -0.168. The molecule has 0 bridgehead atoms. The van der Waals surface area contributed by atoms with Gasteiger partial charge in [0.1, 0.15) is 22.6 Å². The molecule has 0 aliphatic carbocycles. The van der Waals surface area contributed by atoms with Crippen molar-refractivity contribution in [2.75, 3.05) is 19.0 Å². The summed E-state index contributed by atoms with van der Waals surface area (Å²) in [7, 11) is 0. The first kappa shape index (κ1) is 22.4. The smallest absolute Gasteiger partial charge is 0.339 e. The summed E-state index contributed by atoms with van der Waals surface area (Å²) in [4.78, 5) is 28.8. The number of nitrogens with one attached hydrogen (secondary N) is 1. The number of aromatic hydroxyl groups is 1. The first-order valence-corrected chi connectivity index (χ1v) is 10.4. The van der Waals surface area contributed by atoms with Gasteiger partial charge in [0.15, 0.2) is 0 Å². The van der Waals surface area contributed by atoms with Crippen LogP contribution in [0.2, 0.25) is 0 Å². The Bertz CT molecular complexity index is 757. The summed E-state index contributed by atoms with van der Waals surface area (Å²) in [6.07, 6.45) is 1.31. The molecule has 0 saturated carbocycles. The average Bonchev–Trinajstić information content (AvgIpc) is 3.12. The van der Waals surface area contributed by atoms with E-state index in [1.807, 2.05) is 20.8 Å².